The van der Waals surface area contributed by atoms with Crippen LogP contribution < -0.4 is 5.32 Å². The lowest BCUT2D eigenvalue weighted by Gasteiger charge is -2.09. The average Bonchev–Trinajstić information content (AvgIpc) is 2.42. The minimum Gasteiger partial charge on any atom is -0.351 e. The molecule has 92 valence electrons. The van der Waals surface area contributed by atoms with Crippen LogP contribution in [0.3, 0.4) is 0 Å². The van der Waals surface area contributed by atoms with Crippen molar-refractivity contribution >= 4 is 5.91 Å². The molecule has 18 heavy (non-hydrogen) atoms. The summed E-state index contributed by atoms with van der Waals surface area (Å²) in [5, 5.41) is 20.3. The van der Waals surface area contributed by atoms with Gasteiger partial charge in [0.25, 0.3) is 0 Å². The fraction of sp³-hybridized carbons (Fsp3) is 0.357. The van der Waals surface area contributed by atoms with E-state index in [2.05, 4.69) is 5.32 Å². The number of nitrogens with one attached hydrogen (secondary N) is 1. The topological polar surface area (TPSA) is 76.7 Å². The summed E-state index contributed by atoms with van der Waals surface area (Å²) in [4.78, 5) is 11.7. The monoisotopic (exact) mass is 241 g/mol. The highest BCUT2D eigenvalue weighted by atomic mass is 16.1. The Balaban J connectivity index is 2.57. The van der Waals surface area contributed by atoms with Gasteiger partial charge in [0.05, 0.1) is 17.7 Å². The summed E-state index contributed by atoms with van der Waals surface area (Å²) >= 11 is 0. The van der Waals surface area contributed by atoms with Gasteiger partial charge in [-0.15, -0.1) is 0 Å². The molecule has 0 saturated carbocycles. The minimum atomic E-state index is -0.589. The van der Waals surface area contributed by atoms with Gasteiger partial charge in [-0.25, -0.2) is 0 Å². The molecule has 4 heteroatoms. The van der Waals surface area contributed by atoms with Crippen LogP contribution in [-0.4, -0.2) is 5.91 Å². The molecular formula is C14H15N3O. The molecule has 0 heterocycles. The molecule has 4 nitrogen and oxygen atoms in total. The standard InChI is InChI=1S/C14H15N3O/c1-2-4-13(9-16)14(18)17-10-12-6-3-5-11(7-12)8-15/h3,5-7,13H,2,4,10H2,1H3,(H,17,18). The summed E-state index contributed by atoms with van der Waals surface area (Å²) < 4.78 is 0. The Hall–Kier alpha value is -2.33. The number of nitriles is 2. The number of hydrogen-bond donors (Lipinski definition) is 1. The summed E-state index contributed by atoms with van der Waals surface area (Å²) in [7, 11) is 0. The molecule has 0 fully saturated rings. The summed E-state index contributed by atoms with van der Waals surface area (Å²) in [6.07, 6.45) is 1.37. The zero-order valence-corrected chi connectivity index (χ0v) is 10.3. The van der Waals surface area contributed by atoms with Crippen LogP contribution in [0.15, 0.2) is 24.3 Å². The fourth-order valence-electron chi connectivity index (χ4n) is 1.61. The predicted molar refractivity (Wildman–Crippen MR) is 67.0 cm³/mol. The van der Waals surface area contributed by atoms with Gasteiger partial charge in [-0.1, -0.05) is 25.5 Å². The first-order valence-electron chi connectivity index (χ1n) is 5.87. The predicted octanol–water partition coefficient (Wildman–Crippen LogP) is 2.11. The fourth-order valence-corrected chi connectivity index (χ4v) is 1.61. The lowest BCUT2D eigenvalue weighted by atomic mass is 10.0. The van der Waals surface area contributed by atoms with Crippen LogP contribution in [0.4, 0.5) is 0 Å². The van der Waals surface area contributed by atoms with Crippen molar-refractivity contribution in [2.24, 2.45) is 5.92 Å². The van der Waals surface area contributed by atoms with Gasteiger partial charge in [0.1, 0.15) is 5.92 Å². The second-order valence-electron chi connectivity index (χ2n) is 4.00. The molecule has 1 aromatic carbocycles. The first kappa shape index (κ1) is 13.7. The smallest absolute Gasteiger partial charge is 0.237 e. The summed E-state index contributed by atoms with van der Waals surface area (Å²) in [6, 6.07) is 11.1. The van der Waals surface area contributed by atoms with E-state index in [0.717, 1.165) is 12.0 Å². The maximum Gasteiger partial charge on any atom is 0.237 e. The molecule has 1 atom stereocenters. The first-order chi connectivity index (χ1) is 8.71. The molecule has 0 radical (unpaired) electrons. The maximum atomic E-state index is 11.7. The van der Waals surface area contributed by atoms with Gasteiger partial charge in [-0.3, -0.25) is 4.79 Å². The number of amides is 1. The second-order valence-corrected chi connectivity index (χ2v) is 4.00. The third-order valence-corrected chi connectivity index (χ3v) is 2.57. The zero-order valence-electron chi connectivity index (χ0n) is 10.3. The molecule has 1 aromatic rings. The van der Waals surface area contributed by atoms with E-state index in [9.17, 15) is 4.79 Å². The molecule has 1 rings (SSSR count). The van der Waals surface area contributed by atoms with Crippen molar-refractivity contribution in [2.45, 2.75) is 26.3 Å². The Morgan fingerprint density at radius 2 is 2.22 bits per heavy atom. The largest absolute Gasteiger partial charge is 0.351 e. The van der Waals surface area contributed by atoms with Crippen LogP contribution >= 0.6 is 0 Å². The molecule has 0 aliphatic carbocycles. The van der Waals surface area contributed by atoms with Crippen molar-refractivity contribution in [2.75, 3.05) is 0 Å². The molecule has 0 aliphatic heterocycles. The van der Waals surface area contributed by atoms with E-state index in [-0.39, 0.29) is 5.91 Å². The van der Waals surface area contributed by atoms with E-state index in [0.29, 0.717) is 18.5 Å². The highest BCUT2D eigenvalue weighted by Crippen LogP contribution is 2.07. The first-order valence-corrected chi connectivity index (χ1v) is 5.87. The van der Waals surface area contributed by atoms with Crippen molar-refractivity contribution in [3.05, 3.63) is 35.4 Å². The number of hydrogen-bond acceptors (Lipinski definition) is 3. The zero-order chi connectivity index (χ0) is 13.4. The lowest BCUT2D eigenvalue weighted by molar-refractivity contribution is -0.123. The van der Waals surface area contributed by atoms with E-state index in [4.69, 9.17) is 10.5 Å². The van der Waals surface area contributed by atoms with Crippen molar-refractivity contribution < 1.29 is 4.79 Å². The Morgan fingerprint density at radius 1 is 1.44 bits per heavy atom. The van der Waals surface area contributed by atoms with E-state index in [1.807, 2.05) is 25.1 Å². The van der Waals surface area contributed by atoms with Crippen LogP contribution in [0, 0.1) is 28.6 Å². The van der Waals surface area contributed by atoms with E-state index in [1.165, 1.54) is 0 Å². The number of carbonyl (C=O) groups is 1. The number of carbonyl (C=O) groups excluding carboxylic acids is 1. The van der Waals surface area contributed by atoms with E-state index >= 15 is 0 Å². The SMILES string of the molecule is CCCC(C#N)C(=O)NCc1cccc(C#N)c1. The summed E-state index contributed by atoms with van der Waals surface area (Å²) in [6.45, 7) is 2.28. The lowest BCUT2D eigenvalue weighted by Crippen LogP contribution is -2.29. The van der Waals surface area contributed by atoms with Crippen molar-refractivity contribution in [1.82, 2.24) is 5.32 Å². The van der Waals surface area contributed by atoms with Gasteiger partial charge < -0.3 is 5.32 Å². The highest BCUT2D eigenvalue weighted by molar-refractivity contribution is 5.80. The van der Waals surface area contributed by atoms with Gasteiger partial charge in [-0.05, 0) is 24.1 Å². The second kappa shape index (κ2) is 7.09. The van der Waals surface area contributed by atoms with E-state index in [1.54, 1.807) is 18.2 Å². The molecule has 0 bridgehead atoms. The third kappa shape index (κ3) is 3.92. The van der Waals surface area contributed by atoms with Gasteiger partial charge >= 0.3 is 0 Å². The summed E-state index contributed by atoms with van der Waals surface area (Å²) in [5.41, 5.74) is 1.42. The van der Waals surface area contributed by atoms with Crippen molar-refractivity contribution in [1.29, 1.82) is 10.5 Å². The van der Waals surface area contributed by atoms with Gasteiger partial charge in [0.2, 0.25) is 5.91 Å². The van der Waals surface area contributed by atoms with Crippen LogP contribution in [0.2, 0.25) is 0 Å². The Labute approximate surface area is 107 Å². The molecule has 1 amide bonds. The number of benzene rings is 1. The van der Waals surface area contributed by atoms with Crippen molar-refractivity contribution in [3.63, 3.8) is 0 Å². The normalized spacial score (nSPS) is 11.1. The molecular weight excluding hydrogens is 226 g/mol. The molecule has 0 aliphatic rings. The third-order valence-electron chi connectivity index (χ3n) is 2.57. The molecule has 1 N–H and O–H groups in total. The molecule has 0 saturated heterocycles. The van der Waals surface area contributed by atoms with Crippen LogP contribution in [0.25, 0.3) is 0 Å². The number of nitrogens with zero attached hydrogens (tertiary/aromatic N) is 2. The maximum absolute atomic E-state index is 11.7. The minimum absolute atomic E-state index is 0.248. The quantitative estimate of drug-likeness (QED) is 0.857. The molecule has 0 aromatic heterocycles. The number of rotatable bonds is 5. The van der Waals surface area contributed by atoms with Gasteiger partial charge in [0, 0.05) is 6.54 Å². The van der Waals surface area contributed by atoms with Gasteiger partial charge in [0.15, 0.2) is 0 Å². The van der Waals surface area contributed by atoms with Crippen molar-refractivity contribution in [3.8, 4) is 12.1 Å². The van der Waals surface area contributed by atoms with E-state index < -0.39 is 5.92 Å². The highest BCUT2D eigenvalue weighted by Gasteiger charge is 2.15. The molecule has 1 unspecified atom stereocenters. The Bertz CT molecular complexity index is 496. The molecule has 0 spiro atoms. The van der Waals surface area contributed by atoms with Gasteiger partial charge in [-0.2, -0.15) is 10.5 Å². The van der Waals surface area contributed by atoms with Crippen LogP contribution in [-0.2, 0) is 11.3 Å². The van der Waals surface area contributed by atoms with Crippen LogP contribution in [0.1, 0.15) is 30.9 Å². The van der Waals surface area contributed by atoms with Crippen LogP contribution in [0.5, 0.6) is 0 Å². The Morgan fingerprint density at radius 3 is 2.83 bits per heavy atom. The summed E-state index contributed by atoms with van der Waals surface area (Å²) in [5.74, 6) is -0.837. The average molecular weight is 241 g/mol. The Kier molecular flexibility index (Phi) is 5.41.